The van der Waals surface area contributed by atoms with E-state index >= 15 is 0 Å². The van der Waals surface area contributed by atoms with Gasteiger partial charge in [-0.05, 0) is 25.7 Å². The minimum Gasteiger partial charge on any atom is -0.748 e. The normalized spacial score (nSPS) is 13.9. The van der Waals surface area contributed by atoms with Crippen LogP contribution in [0.1, 0.15) is 123 Å². The van der Waals surface area contributed by atoms with Crippen LogP contribution in [0.2, 0.25) is 0 Å². The van der Waals surface area contributed by atoms with Gasteiger partial charge in [0, 0.05) is 5.25 Å². The van der Waals surface area contributed by atoms with Gasteiger partial charge in [-0.3, -0.25) is 0 Å². The second kappa shape index (κ2) is 20.8. The van der Waals surface area contributed by atoms with Crippen LogP contribution < -0.4 is 51.4 Å². The first-order chi connectivity index (χ1) is 12.4. The number of rotatable bonds is 19. The van der Waals surface area contributed by atoms with Crippen molar-refractivity contribution >= 4 is 10.1 Å². The molecule has 0 heterocycles. The van der Waals surface area contributed by atoms with E-state index in [1.54, 1.807) is 0 Å². The second-order valence-corrected chi connectivity index (χ2v) is 9.44. The maximum atomic E-state index is 11.3. The van der Waals surface area contributed by atoms with Gasteiger partial charge in [0.25, 0.3) is 0 Å². The maximum Gasteiger partial charge on any atom is 1.00 e. The molecule has 0 rings (SSSR count). The van der Waals surface area contributed by atoms with E-state index < -0.39 is 15.4 Å². The molecule has 0 aliphatic carbocycles. The van der Waals surface area contributed by atoms with Crippen LogP contribution in [0.4, 0.5) is 0 Å². The van der Waals surface area contributed by atoms with Gasteiger partial charge in [0.1, 0.15) is 0 Å². The van der Waals surface area contributed by atoms with Crippen LogP contribution >= 0.6 is 0 Å². The van der Waals surface area contributed by atoms with Crippen LogP contribution in [-0.2, 0) is 10.1 Å². The molecule has 0 aromatic heterocycles. The SMILES string of the molecule is CCCCCC(CCCCCCCCCCCCC(O)CC)S(=O)(=O)[O-].[K+]. The summed E-state index contributed by atoms with van der Waals surface area (Å²) in [6.07, 6.45) is 17.3. The first-order valence-electron chi connectivity index (χ1n) is 11.0. The van der Waals surface area contributed by atoms with Crippen molar-refractivity contribution in [1.29, 1.82) is 0 Å². The Balaban J connectivity index is 0. The summed E-state index contributed by atoms with van der Waals surface area (Å²) >= 11 is 0. The van der Waals surface area contributed by atoms with Gasteiger partial charge >= 0.3 is 51.4 Å². The van der Waals surface area contributed by atoms with Crippen molar-refractivity contribution in [2.24, 2.45) is 0 Å². The van der Waals surface area contributed by atoms with E-state index in [2.05, 4.69) is 6.92 Å². The van der Waals surface area contributed by atoms with Crippen molar-refractivity contribution in [1.82, 2.24) is 0 Å². The van der Waals surface area contributed by atoms with Gasteiger partial charge in [-0.15, -0.1) is 0 Å². The van der Waals surface area contributed by atoms with Crippen molar-refractivity contribution in [2.75, 3.05) is 0 Å². The van der Waals surface area contributed by atoms with Crippen LogP contribution in [0.3, 0.4) is 0 Å². The Morgan fingerprint density at radius 2 is 1.07 bits per heavy atom. The summed E-state index contributed by atoms with van der Waals surface area (Å²) < 4.78 is 34.0. The molecule has 4 nitrogen and oxygen atoms in total. The quantitative estimate of drug-likeness (QED) is 0.194. The average Bonchev–Trinajstić information content (AvgIpc) is 2.59. The van der Waals surface area contributed by atoms with Crippen molar-refractivity contribution in [2.45, 2.75) is 134 Å². The first kappa shape index (κ1) is 30.7. The molecule has 1 N–H and O–H groups in total. The molecular formula is C21H43KO4S. The predicted octanol–water partition coefficient (Wildman–Crippen LogP) is 2.94. The molecule has 6 heteroatoms. The Morgan fingerprint density at radius 1 is 0.704 bits per heavy atom. The summed E-state index contributed by atoms with van der Waals surface area (Å²) in [5, 5.41) is 8.82. The number of unbranched alkanes of at least 4 members (excludes halogenated alkanes) is 11. The van der Waals surface area contributed by atoms with Crippen molar-refractivity contribution in [3.63, 3.8) is 0 Å². The average molecular weight is 431 g/mol. The van der Waals surface area contributed by atoms with E-state index in [0.29, 0.717) is 12.8 Å². The zero-order chi connectivity index (χ0) is 19.7. The zero-order valence-electron chi connectivity index (χ0n) is 18.3. The Morgan fingerprint density at radius 3 is 1.44 bits per heavy atom. The summed E-state index contributed by atoms with van der Waals surface area (Å²) in [6, 6.07) is 0. The predicted molar refractivity (Wildman–Crippen MR) is 109 cm³/mol. The number of hydrogen-bond donors (Lipinski definition) is 1. The Bertz CT molecular complexity index is 401. The summed E-state index contributed by atoms with van der Waals surface area (Å²) in [4.78, 5) is 0. The molecule has 2 unspecified atom stereocenters. The zero-order valence-corrected chi connectivity index (χ0v) is 22.2. The third-order valence-electron chi connectivity index (χ3n) is 5.32. The number of aliphatic hydroxyl groups excluding tert-OH is 1. The van der Waals surface area contributed by atoms with E-state index in [4.69, 9.17) is 0 Å². The van der Waals surface area contributed by atoms with Crippen molar-refractivity contribution in [3.8, 4) is 0 Å². The molecule has 0 aromatic rings. The minimum atomic E-state index is -4.13. The second-order valence-electron chi connectivity index (χ2n) is 7.79. The van der Waals surface area contributed by atoms with Gasteiger partial charge in [0.05, 0.1) is 16.2 Å². The van der Waals surface area contributed by atoms with E-state index in [-0.39, 0.29) is 57.5 Å². The fraction of sp³-hybridized carbons (Fsp3) is 1.00. The monoisotopic (exact) mass is 430 g/mol. The van der Waals surface area contributed by atoms with Crippen molar-refractivity contribution < 1.29 is 69.5 Å². The standard InChI is InChI=1S/C21H44O4S.K/c1-3-5-14-18-21(26(23,24)25)19-16-13-11-9-7-6-8-10-12-15-17-20(22)4-2;/h20-22H,3-19H2,1-2H3,(H,23,24,25);/q;+1/p-1. The third-order valence-corrected chi connectivity index (χ3v) is 6.61. The van der Waals surface area contributed by atoms with Crippen LogP contribution in [0.5, 0.6) is 0 Å². The Hall–Kier alpha value is 1.51. The smallest absolute Gasteiger partial charge is 0.748 e. The summed E-state index contributed by atoms with van der Waals surface area (Å²) in [5.74, 6) is 0. The molecule has 27 heavy (non-hydrogen) atoms. The van der Waals surface area contributed by atoms with Gasteiger partial charge in [-0.25, -0.2) is 8.42 Å². The van der Waals surface area contributed by atoms with Crippen molar-refractivity contribution in [3.05, 3.63) is 0 Å². The summed E-state index contributed by atoms with van der Waals surface area (Å²) in [6.45, 7) is 4.11. The Kier molecular flexibility index (Phi) is 23.6. The molecule has 0 spiro atoms. The Labute approximate surface area is 211 Å². The topological polar surface area (TPSA) is 77.4 Å². The third kappa shape index (κ3) is 20.6. The molecule has 0 aliphatic rings. The molecule has 158 valence electrons. The van der Waals surface area contributed by atoms with Gasteiger partial charge in [-0.1, -0.05) is 97.3 Å². The molecule has 0 fully saturated rings. The van der Waals surface area contributed by atoms with E-state index in [1.807, 2.05) is 6.92 Å². The molecule has 0 amide bonds. The molecular weight excluding hydrogens is 387 g/mol. The van der Waals surface area contributed by atoms with Gasteiger partial charge < -0.3 is 9.66 Å². The molecule has 0 bridgehead atoms. The van der Waals surface area contributed by atoms with Gasteiger partial charge in [0.2, 0.25) is 0 Å². The minimum absolute atomic E-state index is 0. The van der Waals surface area contributed by atoms with Gasteiger partial charge in [0.15, 0.2) is 0 Å². The molecule has 0 aromatic carbocycles. The van der Waals surface area contributed by atoms with Crippen LogP contribution in [0.15, 0.2) is 0 Å². The number of hydrogen-bond acceptors (Lipinski definition) is 4. The summed E-state index contributed by atoms with van der Waals surface area (Å²) in [5.41, 5.74) is 0. The first-order valence-corrected chi connectivity index (χ1v) is 12.5. The summed E-state index contributed by atoms with van der Waals surface area (Å²) in [7, 11) is -4.13. The molecule has 0 aliphatic heterocycles. The molecule has 0 saturated heterocycles. The van der Waals surface area contributed by atoms with Crippen LogP contribution in [0, 0.1) is 0 Å². The van der Waals surface area contributed by atoms with Crippen LogP contribution in [-0.4, -0.2) is 29.4 Å². The van der Waals surface area contributed by atoms with Gasteiger partial charge in [-0.2, -0.15) is 0 Å². The van der Waals surface area contributed by atoms with E-state index in [0.717, 1.165) is 57.8 Å². The molecule has 2 atom stereocenters. The fourth-order valence-electron chi connectivity index (χ4n) is 3.43. The molecule has 0 radical (unpaired) electrons. The number of aliphatic hydroxyl groups is 1. The molecule has 0 saturated carbocycles. The largest absolute Gasteiger partial charge is 1.00 e. The van der Waals surface area contributed by atoms with E-state index in [9.17, 15) is 18.1 Å². The maximum absolute atomic E-state index is 11.3. The fourth-order valence-corrected chi connectivity index (χ4v) is 4.34. The van der Waals surface area contributed by atoms with E-state index in [1.165, 1.54) is 38.5 Å². The van der Waals surface area contributed by atoms with Crippen LogP contribution in [0.25, 0.3) is 0 Å².